The summed E-state index contributed by atoms with van der Waals surface area (Å²) in [6, 6.07) is 9.90. The fraction of sp³-hybridized carbons (Fsp3) is 0.143. The maximum absolute atomic E-state index is 13.2. The monoisotopic (exact) mass is 405 g/mol. The van der Waals surface area contributed by atoms with Gasteiger partial charge >= 0.3 is 0 Å². The second kappa shape index (κ2) is 6.35. The molecule has 1 unspecified atom stereocenters. The van der Waals surface area contributed by atoms with Crippen LogP contribution in [0.3, 0.4) is 0 Å². The van der Waals surface area contributed by atoms with Gasteiger partial charge in [0.2, 0.25) is 0 Å². The zero-order valence-corrected chi connectivity index (χ0v) is 13.8. The normalized spacial score (nSPS) is 12.5. The van der Waals surface area contributed by atoms with E-state index in [0.29, 0.717) is 11.4 Å². The molecule has 0 aliphatic rings. The molecule has 0 fully saturated rings. The summed E-state index contributed by atoms with van der Waals surface area (Å²) in [5.74, 6) is -0.272. The van der Waals surface area contributed by atoms with E-state index in [1.165, 1.54) is 12.1 Å². The maximum atomic E-state index is 13.2. The average Bonchev–Trinajstić information content (AvgIpc) is 2.37. The molecule has 0 spiro atoms. The molecule has 0 amide bonds. The quantitative estimate of drug-likeness (QED) is 0.739. The molecule has 1 nitrogen and oxygen atoms in total. The molecule has 0 radical (unpaired) electrons. The second-order valence-corrected chi connectivity index (χ2v) is 6.28. The summed E-state index contributed by atoms with van der Waals surface area (Å²) >= 11 is 13.0. The molecule has 0 aliphatic heterocycles. The van der Waals surface area contributed by atoms with Crippen molar-refractivity contribution in [2.24, 2.45) is 5.73 Å². The molecule has 5 heteroatoms. The van der Waals surface area contributed by atoms with Crippen molar-refractivity contribution in [3.8, 4) is 0 Å². The molecule has 2 N–H and O–H groups in total. The summed E-state index contributed by atoms with van der Waals surface area (Å²) in [6.45, 7) is 0. The highest BCUT2D eigenvalue weighted by Crippen LogP contribution is 2.31. The van der Waals surface area contributed by atoms with Crippen molar-refractivity contribution in [1.82, 2.24) is 0 Å². The van der Waals surface area contributed by atoms with Crippen LogP contribution in [0.5, 0.6) is 0 Å². The van der Waals surface area contributed by atoms with Gasteiger partial charge in [-0.05, 0) is 57.7 Å². The van der Waals surface area contributed by atoms with Crippen molar-refractivity contribution in [1.29, 1.82) is 0 Å². The maximum Gasteiger partial charge on any atom is 0.123 e. The van der Waals surface area contributed by atoms with Crippen molar-refractivity contribution < 1.29 is 4.39 Å². The summed E-state index contributed by atoms with van der Waals surface area (Å²) < 4.78 is 14.9. The van der Waals surface area contributed by atoms with Gasteiger partial charge in [0.1, 0.15) is 5.82 Å². The molecule has 2 aromatic rings. The topological polar surface area (TPSA) is 26.0 Å². The molecular formula is C14H11Br2ClFN. The lowest BCUT2D eigenvalue weighted by atomic mass is 9.99. The van der Waals surface area contributed by atoms with Crippen molar-refractivity contribution in [3.05, 3.63) is 67.3 Å². The molecule has 19 heavy (non-hydrogen) atoms. The smallest absolute Gasteiger partial charge is 0.123 e. The third-order valence-electron chi connectivity index (χ3n) is 2.83. The van der Waals surface area contributed by atoms with Gasteiger partial charge in [0, 0.05) is 15.0 Å². The molecule has 0 heterocycles. The fourth-order valence-electron chi connectivity index (χ4n) is 1.85. The van der Waals surface area contributed by atoms with Gasteiger partial charge < -0.3 is 5.73 Å². The summed E-state index contributed by atoms with van der Waals surface area (Å²) in [4.78, 5) is 0. The summed E-state index contributed by atoms with van der Waals surface area (Å²) in [5.41, 5.74) is 7.83. The molecule has 0 bridgehead atoms. The first-order chi connectivity index (χ1) is 8.99. The first-order valence-corrected chi connectivity index (χ1v) is 7.59. The highest BCUT2D eigenvalue weighted by atomic mass is 79.9. The van der Waals surface area contributed by atoms with Crippen LogP contribution in [0.15, 0.2) is 45.3 Å². The van der Waals surface area contributed by atoms with Gasteiger partial charge in [0.05, 0.1) is 5.02 Å². The molecule has 1 atom stereocenters. The zero-order chi connectivity index (χ0) is 14.0. The van der Waals surface area contributed by atoms with Gasteiger partial charge in [-0.3, -0.25) is 0 Å². The third-order valence-corrected chi connectivity index (χ3v) is 4.91. The lowest BCUT2D eigenvalue weighted by Gasteiger charge is -2.15. The van der Waals surface area contributed by atoms with Crippen LogP contribution < -0.4 is 5.73 Å². The molecule has 0 saturated carbocycles. The van der Waals surface area contributed by atoms with E-state index >= 15 is 0 Å². The minimum absolute atomic E-state index is 0.272. The Morgan fingerprint density at radius 3 is 2.63 bits per heavy atom. The van der Waals surface area contributed by atoms with Gasteiger partial charge in [-0.2, -0.15) is 0 Å². The second-order valence-electron chi connectivity index (χ2n) is 4.19. The Morgan fingerprint density at radius 1 is 1.16 bits per heavy atom. The van der Waals surface area contributed by atoms with E-state index in [2.05, 4.69) is 31.9 Å². The number of nitrogens with two attached hydrogens (primary N) is 1. The standard InChI is InChI=1S/C14H11Br2ClFN/c15-11-5-4-9(18)6-8(11)7-13(19)10-2-1-3-12(16)14(10)17/h1-6,13H,7,19H2. The zero-order valence-electron chi connectivity index (χ0n) is 9.84. The minimum Gasteiger partial charge on any atom is -0.324 e. The molecule has 0 saturated heterocycles. The Hall–Kier alpha value is -0.420. The first kappa shape index (κ1) is 15.0. The fourth-order valence-corrected chi connectivity index (χ4v) is 2.91. The third kappa shape index (κ3) is 3.57. The van der Waals surface area contributed by atoms with E-state index < -0.39 is 0 Å². The Balaban J connectivity index is 2.28. The summed E-state index contributed by atoms with van der Waals surface area (Å²) in [5, 5.41) is 0.600. The van der Waals surface area contributed by atoms with Crippen molar-refractivity contribution in [3.63, 3.8) is 0 Å². The number of halogens is 4. The largest absolute Gasteiger partial charge is 0.324 e. The van der Waals surface area contributed by atoms with Crippen molar-refractivity contribution >= 4 is 43.5 Å². The van der Waals surface area contributed by atoms with Gasteiger partial charge in [-0.25, -0.2) is 4.39 Å². The summed E-state index contributed by atoms with van der Waals surface area (Å²) in [6.07, 6.45) is 0.508. The summed E-state index contributed by atoms with van der Waals surface area (Å²) in [7, 11) is 0. The van der Waals surface area contributed by atoms with E-state index in [0.717, 1.165) is 20.1 Å². The van der Waals surface area contributed by atoms with Gasteiger partial charge in [0.25, 0.3) is 0 Å². The molecule has 0 aliphatic carbocycles. The Bertz CT molecular complexity index is 604. The predicted molar refractivity (Wildman–Crippen MR) is 83.9 cm³/mol. The molecule has 100 valence electrons. The lowest BCUT2D eigenvalue weighted by molar-refractivity contribution is 0.621. The SMILES string of the molecule is NC(Cc1cc(F)ccc1Br)c1cccc(Br)c1Cl. The van der Waals surface area contributed by atoms with Crippen LogP contribution in [0.1, 0.15) is 17.2 Å². The van der Waals surface area contributed by atoms with Crippen molar-refractivity contribution in [2.75, 3.05) is 0 Å². The van der Waals surface area contributed by atoms with Crippen LogP contribution in [0.25, 0.3) is 0 Å². The van der Waals surface area contributed by atoms with E-state index in [9.17, 15) is 4.39 Å². The number of hydrogen-bond acceptors (Lipinski definition) is 1. The van der Waals surface area contributed by atoms with E-state index in [1.54, 1.807) is 6.07 Å². The Kier molecular flexibility index (Phi) is 5.01. The van der Waals surface area contributed by atoms with Gasteiger partial charge in [-0.1, -0.05) is 39.7 Å². The highest BCUT2D eigenvalue weighted by molar-refractivity contribution is 9.10. The van der Waals surface area contributed by atoms with Gasteiger partial charge in [-0.15, -0.1) is 0 Å². The lowest BCUT2D eigenvalue weighted by Crippen LogP contribution is -2.14. The number of hydrogen-bond donors (Lipinski definition) is 1. The first-order valence-electron chi connectivity index (χ1n) is 5.62. The average molecular weight is 408 g/mol. The van der Waals surface area contributed by atoms with E-state index in [-0.39, 0.29) is 11.9 Å². The Labute approximate surface area is 133 Å². The van der Waals surface area contributed by atoms with Crippen molar-refractivity contribution in [2.45, 2.75) is 12.5 Å². The van der Waals surface area contributed by atoms with Crippen LogP contribution in [-0.4, -0.2) is 0 Å². The highest BCUT2D eigenvalue weighted by Gasteiger charge is 2.14. The van der Waals surface area contributed by atoms with Crippen LogP contribution in [-0.2, 0) is 6.42 Å². The molecule has 0 aromatic heterocycles. The van der Waals surface area contributed by atoms with E-state index in [1.807, 2.05) is 18.2 Å². The van der Waals surface area contributed by atoms with Crippen LogP contribution in [0, 0.1) is 5.82 Å². The minimum atomic E-state index is -0.289. The van der Waals surface area contributed by atoms with E-state index in [4.69, 9.17) is 17.3 Å². The number of benzene rings is 2. The molecular weight excluding hydrogens is 396 g/mol. The predicted octanol–water partition coefficient (Wildman–Crippen LogP) is 5.25. The van der Waals surface area contributed by atoms with Gasteiger partial charge in [0.15, 0.2) is 0 Å². The van der Waals surface area contributed by atoms with Crippen LogP contribution >= 0.6 is 43.5 Å². The number of rotatable bonds is 3. The molecule has 2 aromatic carbocycles. The van der Waals surface area contributed by atoms with Crippen LogP contribution in [0.4, 0.5) is 4.39 Å². The van der Waals surface area contributed by atoms with Crippen LogP contribution in [0.2, 0.25) is 5.02 Å². The molecule has 2 rings (SSSR count). The Morgan fingerprint density at radius 2 is 1.89 bits per heavy atom.